The van der Waals surface area contributed by atoms with Gasteiger partial charge in [0.1, 0.15) is 0 Å². The highest BCUT2D eigenvalue weighted by Gasteiger charge is 2.42. The Balaban J connectivity index is 1.65. The number of nitrogens with one attached hydrogen (secondary N) is 1. The van der Waals surface area contributed by atoms with Crippen LogP contribution in [-0.2, 0) is 4.79 Å². The van der Waals surface area contributed by atoms with Crippen LogP contribution in [0.15, 0.2) is 0 Å². The Morgan fingerprint density at radius 3 is 2.48 bits per heavy atom. The summed E-state index contributed by atoms with van der Waals surface area (Å²) in [5, 5.41) is 3.75. The summed E-state index contributed by atoms with van der Waals surface area (Å²) in [6.07, 6.45) is 9.77. The van der Waals surface area contributed by atoms with E-state index in [4.69, 9.17) is 0 Å². The zero-order valence-electron chi connectivity index (χ0n) is 13.7. The van der Waals surface area contributed by atoms with Crippen LogP contribution in [0.3, 0.4) is 0 Å². The third kappa shape index (κ3) is 3.26. The van der Waals surface area contributed by atoms with E-state index in [-0.39, 0.29) is 0 Å². The van der Waals surface area contributed by atoms with Crippen LogP contribution in [0.5, 0.6) is 0 Å². The molecule has 3 unspecified atom stereocenters. The number of hydrogen-bond acceptors (Lipinski definition) is 3. The van der Waals surface area contributed by atoms with E-state index >= 15 is 0 Å². The summed E-state index contributed by atoms with van der Waals surface area (Å²) in [6, 6.07) is 2.83. The molecule has 1 amide bonds. The quantitative estimate of drug-likeness (QED) is 0.861. The van der Waals surface area contributed by atoms with Crippen molar-refractivity contribution >= 4 is 5.91 Å². The van der Waals surface area contributed by atoms with Gasteiger partial charge in [-0.3, -0.25) is 9.69 Å². The van der Waals surface area contributed by atoms with Gasteiger partial charge in [0.05, 0.1) is 0 Å². The molecule has 4 nitrogen and oxygen atoms in total. The standard InChI is InChI=1S/C17H31N3O/c1-3-9-18-13-10-14-5-4-6-15(11-13)20(14)16-7-8-17(21)19(2)12-16/h13-16,18H,3-12H2,1-2H3. The molecule has 120 valence electrons. The lowest BCUT2D eigenvalue weighted by Crippen LogP contribution is -2.62. The fourth-order valence-corrected chi connectivity index (χ4v) is 4.76. The molecule has 0 aliphatic carbocycles. The van der Waals surface area contributed by atoms with Gasteiger partial charge < -0.3 is 10.2 Å². The normalized spacial score (nSPS) is 37.8. The Labute approximate surface area is 129 Å². The SMILES string of the molecule is CCCNC1CC2CCCC(C1)N2C1CCC(=O)N(C)C1. The van der Waals surface area contributed by atoms with E-state index < -0.39 is 0 Å². The van der Waals surface area contributed by atoms with E-state index in [0.717, 1.165) is 44.1 Å². The predicted molar refractivity (Wildman–Crippen MR) is 85.2 cm³/mol. The topological polar surface area (TPSA) is 35.6 Å². The minimum absolute atomic E-state index is 0.330. The Bertz CT molecular complexity index is 359. The number of carbonyl (C=O) groups excluding carboxylic acids is 1. The molecule has 0 radical (unpaired) electrons. The van der Waals surface area contributed by atoms with Crippen LogP contribution in [-0.4, -0.2) is 60.0 Å². The van der Waals surface area contributed by atoms with Gasteiger partial charge in [-0.25, -0.2) is 0 Å². The van der Waals surface area contributed by atoms with Crippen LogP contribution in [0, 0.1) is 0 Å². The van der Waals surface area contributed by atoms with Gasteiger partial charge in [0.15, 0.2) is 0 Å². The number of carbonyl (C=O) groups is 1. The largest absolute Gasteiger partial charge is 0.344 e. The number of nitrogens with zero attached hydrogens (tertiary/aromatic N) is 2. The van der Waals surface area contributed by atoms with Crippen LogP contribution in [0.25, 0.3) is 0 Å². The van der Waals surface area contributed by atoms with Crippen molar-refractivity contribution in [2.24, 2.45) is 0 Å². The average molecular weight is 293 g/mol. The van der Waals surface area contributed by atoms with Gasteiger partial charge in [0, 0.05) is 44.2 Å². The second-order valence-electron chi connectivity index (χ2n) is 7.27. The molecular formula is C17H31N3O. The maximum Gasteiger partial charge on any atom is 0.222 e. The van der Waals surface area contributed by atoms with Gasteiger partial charge >= 0.3 is 0 Å². The van der Waals surface area contributed by atoms with Crippen LogP contribution in [0.1, 0.15) is 58.3 Å². The Morgan fingerprint density at radius 2 is 1.86 bits per heavy atom. The van der Waals surface area contributed by atoms with Crippen molar-refractivity contribution in [2.45, 2.75) is 82.5 Å². The highest BCUT2D eigenvalue weighted by Crippen LogP contribution is 2.37. The maximum absolute atomic E-state index is 11.7. The molecule has 3 aliphatic heterocycles. The van der Waals surface area contributed by atoms with E-state index in [9.17, 15) is 4.79 Å². The number of likely N-dealkylation sites (tertiary alicyclic amines) is 1. The fourth-order valence-electron chi connectivity index (χ4n) is 4.76. The van der Waals surface area contributed by atoms with E-state index in [0.29, 0.717) is 11.9 Å². The van der Waals surface area contributed by atoms with Gasteiger partial charge in [-0.1, -0.05) is 13.3 Å². The molecule has 3 aliphatic rings. The lowest BCUT2D eigenvalue weighted by Gasteiger charge is -2.53. The van der Waals surface area contributed by atoms with Gasteiger partial charge in [0.2, 0.25) is 5.91 Å². The summed E-state index contributed by atoms with van der Waals surface area (Å²) < 4.78 is 0. The molecule has 0 aromatic heterocycles. The van der Waals surface area contributed by atoms with Crippen molar-refractivity contribution in [3.63, 3.8) is 0 Å². The summed E-state index contributed by atoms with van der Waals surface area (Å²) in [4.78, 5) is 16.5. The molecular weight excluding hydrogens is 262 g/mol. The van der Waals surface area contributed by atoms with Crippen LogP contribution < -0.4 is 5.32 Å². The van der Waals surface area contributed by atoms with Gasteiger partial charge in [-0.15, -0.1) is 0 Å². The molecule has 3 saturated heterocycles. The number of piperidine rings is 3. The smallest absolute Gasteiger partial charge is 0.222 e. The number of amides is 1. The molecule has 0 aromatic carbocycles. The van der Waals surface area contributed by atoms with Crippen LogP contribution in [0.4, 0.5) is 0 Å². The van der Waals surface area contributed by atoms with Crippen molar-refractivity contribution in [3.05, 3.63) is 0 Å². The number of fused-ring (bicyclic) bond motifs is 2. The molecule has 0 saturated carbocycles. The molecule has 2 bridgehead atoms. The van der Waals surface area contributed by atoms with Gasteiger partial charge in [-0.05, 0) is 45.1 Å². The summed E-state index contributed by atoms with van der Waals surface area (Å²) in [7, 11) is 1.97. The third-order valence-electron chi connectivity index (χ3n) is 5.74. The monoisotopic (exact) mass is 293 g/mol. The fraction of sp³-hybridized carbons (Fsp3) is 0.941. The highest BCUT2D eigenvalue weighted by atomic mass is 16.2. The van der Waals surface area contributed by atoms with Crippen LogP contribution >= 0.6 is 0 Å². The summed E-state index contributed by atoms with van der Waals surface area (Å²) >= 11 is 0. The predicted octanol–water partition coefficient (Wildman–Crippen LogP) is 1.99. The van der Waals surface area contributed by atoms with Crippen LogP contribution in [0.2, 0.25) is 0 Å². The zero-order valence-corrected chi connectivity index (χ0v) is 13.7. The second kappa shape index (κ2) is 6.66. The number of hydrogen-bond donors (Lipinski definition) is 1. The molecule has 3 rings (SSSR count). The molecule has 3 fully saturated rings. The lowest BCUT2D eigenvalue weighted by molar-refractivity contribution is -0.136. The minimum Gasteiger partial charge on any atom is -0.344 e. The molecule has 0 aromatic rings. The van der Waals surface area contributed by atoms with E-state index in [1.165, 1.54) is 38.5 Å². The number of rotatable bonds is 4. The van der Waals surface area contributed by atoms with Crippen molar-refractivity contribution in [2.75, 3.05) is 20.1 Å². The van der Waals surface area contributed by atoms with Crippen molar-refractivity contribution in [1.82, 2.24) is 15.1 Å². The minimum atomic E-state index is 0.330. The molecule has 3 atom stereocenters. The Morgan fingerprint density at radius 1 is 1.14 bits per heavy atom. The van der Waals surface area contributed by atoms with Crippen molar-refractivity contribution in [3.8, 4) is 0 Å². The molecule has 3 heterocycles. The maximum atomic E-state index is 11.7. The number of likely N-dealkylation sites (N-methyl/N-ethyl adjacent to an activating group) is 1. The molecule has 21 heavy (non-hydrogen) atoms. The zero-order chi connectivity index (χ0) is 14.8. The van der Waals surface area contributed by atoms with Crippen molar-refractivity contribution in [1.29, 1.82) is 0 Å². The Kier molecular flexibility index (Phi) is 4.85. The first kappa shape index (κ1) is 15.3. The average Bonchev–Trinajstić information content (AvgIpc) is 2.47. The highest BCUT2D eigenvalue weighted by molar-refractivity contribution is 5.76. The summed E-state index contributed by atoms with van der Waals surface area (Å²) in [5.74, 6) is 0.330. The van der Waals surface area contributed by atoms with Crippen molar-refractivity contribution < 1.29 is 4.79 Å². The Hall–Kier alpha value is -0.610. The summed E-state index contributed by atoms with van der Waals surface area (Å²) in [6.45, 7) is 4.35. The van der Waals surface area contributed by atoms with Gasteiger partial charge in [-0.2, -0.15) is 0 Å². The summed E-state index contributed by atoms with van der Waals surface area (Å²) in [5.41, 5.74) is 0. The van der Waals surface area contributed by atoms with E-state index in [1.807, 2.05) is 11.9 Å². The third-order valence-corrected chi connectivity index (χ3v) is 5.74. The van der Waals surface area contributed by atoms with Gasteiger partial charge in [0.25, 0.3) is 0 Å². The molecule has 0 spiro atoms. The first-order valence-corrected chi connectivity index (χ1v) is 8.93. The lowest BCUT2D eigenvalue weighted by atomic mass is 9.79. The first-order chi connectivity index (χ1) is 10.2. The molecule has 4 heteroatoms. The molecule has 1 N–H and O–H groups in total. The first-order valence-electron chi connectivity index (χ1n) is 8.93. The second-order valence-corrected chi connectivity index (χ2v) is 7.27. The van der Waals surface area contributed by atoms with E-state index in [1.54, 1.807) is 0 Å². The van der Waals surface area contributed by atoms with E-state index in [2.05, 4.69) is 17.1 Å².